The van der Waals surface area contributed by atoms with Crippen molar-refractivity contribution in [3.63, 3.8) is 0 Å². The summed E-state index contributed by atoms with van der Waals surface area (Å²) in [5, 5.41) is 2.76. The third-order valence-corrected chi connectivity index (χ3v) is 5.26. The van der Waals surface area contributed by atoms with E-state index in [0.717, 1.165) is 9.37 Å². The number of hydrogen-bond donors (Lipinski definition) is 1. The van der Waals surface area contributed by atoms with Crippen LogP contribution in [0, 0.1) is 0 Å². The van der Waals surface area contributed by atoms with Gasteiger partial charge in [0.2, 0.25) is 11.8 Å². The summed E-state index contributed by atoms with van der Waals surface area (Å²) in [7, 11) is 0. The quantitative estimate of drug-likeness (QED) is 0.842. The number of nitrogens with one attached hydrogen (secondary N) is 1. The normalized spacial score (nSPS) is 18.8. The molecule has 1 saturated heterocycles. The van der Waals surface area contributed by atoms with Crippen LogP contribution >= 0.6 is 27.7 Å². The van der Waals surface area contributed by atoms with Crippen LogP contribution in [-0.4, -0.2) is 41.6 Å². The Hall–Kier alpha value is -1.01. The van der Waals surface area contributed by atoms with E-state index in [1.807, 2.05) is 24.3 Å². The van der Waals surface area contributed by atoms with Gasteiger partial charge in [0.15, 0.2) is 0 Å². The standard InChI is InChI=1S/C14H17BrN2O2S/c1-10-14(19)16-7-8-17(10)13(18)6-9-20-12-5-3-2-4-11(12)15/h2-5,10H,6-9H2,1H3,(H,16,19). The van der Waals surface area contributed by atoms with Crippen molar-refractivity contribution in [1.29, 1.82) is 0 Å². The Morgan fingerprint density at radius 2 is 2.25 bits per heavy atom. The molecule has 1 fully saturated rings. The molecule has 1 N–H and O–H groups in total. The first-order chi connectivity index (χ1) is 9.59. The van der Waals surface area contributed by atoms with Crippen LogP contribution < -0.4 is 5.32 Å². The van der Waals surface area contributed by atoms with Gasteiger partial charge in [-0.3, -0.25) is 9.59 Å². The van der Waals surface area contributed by atoms with E-state index in [4.69, 9.17) is 0 Å². The van der Waals surface area contributed by atoms with Crippen molar-refractivity contribution in [2.45, 2.75) is 24.3 Å². The largest absolute Gasteiger partial charge is 0.353 e. The molecule has 4 nitrogen and oxygen atoms in total. The van der Waals surface area contributed by atoms with Gasteiger partial charge in [-0.2, -0.15) is 0 Å². The summed E-state index contributed by atoms with van der Waals surface area (Å²) in [4.78, 5) is 26.5. The molecule has 1 aromatic rings. The minimum Gasteiger partial charge on any atom is -0.353 e. The third-order valence-electron chi connectivity index (χ3n) is 3.23. The second kappa shape index (κ2) is 7.13. The number of amides is 2. The Bertz CT molecular complexity index is 510. The van der Waals surface area contributed by atoms with Gasteiger partial charge in [0.1, 0.15) is 6.04 Å². The van der Waals surface area contributed by atoms with Crippen LogP contribution in [-0.2, 0) is 9.59 Å². The van der Waals surface area contributed by atoms with E-state index in [1.54, 1.807) is 23.6 Å². The molecule has 1 atom stereocenters. The highest BCUT2D eigenvalue weighted by Crippen LogP contribution is 2.27. The second-order valence-corrected chi connectivity index (χ2v) is 6.57. The summed E-state index contributed by atoms with van der Waals surface area (Å²) in [6.45, 7) is 2.92. The predicted octanol–water partition coefficient (Wildman–Crippen LogP) is 2.28. The fourth-order valence-corrected chi connectivity index (χ4v) is 3.58. The summed E-state index contributed by atoms with van der Waals surface area (Å²) in [6, 6.07) is 7.60. The van der Waals surface area contributed by atoms with Gasteiger partial charge < -0.3 is 10.2 Å². The maximum absolute atomic E-state index is 12.2. The second-order valence-electron chi connectivity index (χ2n) is 4.58. The van der Waals surface area contributed by atoms with Crippen LogP contribution in [0.4, 0.5) is 0 Å². The molecule has 1 heterocycles. The number of nitrogens with zero attached hydrogens (tertiary/aromatic N) is 1. The van der Waals surface area contributed by atoms with E-state index in [0.29, 0.717) is 25.3 Å². The topological polar surface area (TPSA) is 49.4 Å². The molecule has 108 valence electrons. The highest BCUT2D eigenvalue weighted by Gasteiger charge is 2.28. The Kier molecular flexibility index (Phi) is 5.48. The first-order valence-electron chi connectivity index (χ1n) is 6.54. The van der Waals surface area contributed by atoms with E-state index < -0.39 is 0 Å². The number of halogens is 1. The number of benzene rings is 1. The molecule has 0 spiro atoms. The van der Waals surface area contributed by atoms with Gasteiger partial charge >= 0.3 is 0 Å². The zero-order valence-corrected chi connectivity index (χ0v) is 13.7. The summed E-state index contributed by atoms with van der Waals surface area (Å²) in [6.07, 6.45) is 0.448. The molecule has 2 rings (SSSR count). The Balaban J connectivity index is 1.83. The maximum Gasteiger partial charge on any atom is 0.242 e. The van der Waals surface area contributed by atoms with Gasteiger partial charge in [-0.25, -0.2) is 0 Å². The Morgan fingerprint density at radius 3 is 3.00 bits per heavy atom. The van der Waals surface area contributed by atoms with Crippen LogP contribution in [0.25, 0.3) is 0 Å². The van der Waals surface area contributed by atoms with E-state index in [2.05, 4.69) is 21.2 Å². The van der Waals surface area contributed by atoms with Crippen molar-refractivity contribution in [2.24, 2.45) is 0 Å². The van der Waals surface area contributed by atoms with Gasteiger partial charge in [0.05, 0.1) is 0 Å². The molecule has 20 heavy (non-hydrogen) atoms. The molecule has 2 amide bonds. The number of rotatable bonds is 4. The lowest BCUT2D eigenvalue weighted by Gasteiger charge is -2.32. The van der Waals surface area contributed by atoms with Gasteiger partial charge in [-0.15, -0.1) is 11.8 Å². The fourth-order valence-electron chi connectivity index (χ4n) is 2.08. The van der Waals surface area contributed by atoms with Gasteiger partial charge in [-0.1, -0.05) is 12.1 Å². The Morgan fingerprint density at radius 1 is 1.50 bits per heavy atom. The summed E-state index contributed by atoms with van der Waals surface area (Å²) < 4.78 is 1.04. The van der Waals surface area contributed by atoms with Crippen LogP contribution in [0.5, 0.6) is 0 Å². The van der Waals surface area contributed by atoms with Crippen molar-refractivity contribution in [1.82, 2.24) is 10.2 Å². The number of thioether (sulfide) groups is 1. The molecule has 0 saturated carbocycles. The van der Waals surface area contributed by atoms with Crippen LogP contribution in [0.2, 0.25) is 0 Å². The molecule has 1 aromatic carbocycles. The minimum absolute atomic E-state index is 0.0481. The molecule has 0 radical (unpaired) electrons. The molecule has 1 aliphatic heterocycles. The molecule has 1 aliphatic rings. The predicted molar refractivity (Wildman–Crippen MR) is 83.7 cm³/mol. The summed E-state index contributed by atoms with van der Waals surface area (Å²) in [5.41, 5.74) is 0. The van der Waals surface area contributed by atoms with Crippen LogP contribution in [0.1, 0.15) is 13.3 Å². The monoisotopic (exact) mass is 356 g/mol. The van der Waals surface area contributed by atoms with Gasteiger partial charge in [0.25, 0.3) is 0 Å². The van der Waals surface area contributed by atoms with E-state index in [-0.39, 0.29) is 17.9 Å². The zero-order valence-electron chi connectivity index (χ0n) is 11.3. The lowest BCUT2D eigenvalue weighted by molar-refractivity contribution is -0.142. The molecule has 0 bridgehead atoms. The van der Waals surface area contributed by atoms with Crippen molar-refractivity contribution in [3.8, 4) is 0 Å². The minimum atomic E-state index is -0.357. The van der Waals surface area contributed by atoms with Crippen molar-refractivity contribution >= 4 is 39.5 Å². The number of hydrogen-bond acceptors (Lipinski definition) is 3. The number of carbonyl (C=O) groups is 2. The van der Waals surface area contributed by atoms with Crippen LogP contribution in [0.3, 0.4) is 0 Å². The first kappa shape index (κ1) is 15.4. The maximum atomic E-state index is 12.2. The molecule has 6 heteroatoms. The van der Waals surface area contributed by atoms with Crippen molar-refractivity contribution in [3.05, 3.63) is 28.7 Å². The molecule has 0 aliphatic carbocycles. The SMILES string of the molecule is CC1C(=O)NCCN1C(=O)CCSc1ccccc1Br. The molecule has 1 unspecified atom stereocenters. The molecule has 0 aromatic heterocycles. The Labute approximate surface area is 131 Å². The highest BCUT2D eigenvalue weighted by molar-refractivity contribution is 9.10. The lowest BCUT2D eigenvalue weighted by Crippen LogP contribution is -2.55. The molecular weight excluding hydrogens is 340 g/mol. The smallest absolute Gasteiger partial charge is 0.242 e. The first-order valence-corrected chi connectivity index (χ1v) is 8.32. The average Bonchev–Trinajstić information content (AvgIpc) is 2.44. The van der Waals surface area contributed by atoms with Crippen molar-refractivity contribution in [2.75, 3.05) is 18.8 Å². The third kappa shape index (κ3) is 3.76. The lowest BCUT2D eigenvalue weighted by atomic mass is 10.2. The number of carbonyl (C=O) groups excluding carboxylic acids is 2. The van der Waals surface area contributed by atoms with Crippen molar-refractivity contribution < 1.29 is 9.59 Å². The van der Waals surface area contributed by atoms with Crippen LogP contribution in [0.15, 0.2) is 33.6 Å². The average molecular weight is 357 g/mol. The van der Waals surface area contributed by atoms with E-state index >= 15 is 0 Å². The summed E-state index contributed by atoms with van der Waals surface area (Å²) >= 11 is 5.13. The highest BCUT2D eigenvalue weighted by atomic mass is 79.9. The number of piperazine rings is 1. The zero-order chi connectivity index (χ0) is 14.5. The van der Waals surface area contributed by atoms with E-state index in [9.17, 15) is 9.59 Å². The van der Waals surface area contributed by atoms with Gasteiger partial charge in [-0.05, 0) is 35.0 Å². The van der Waals surface area contributed by atoms with E-state index in [1.165, 1.54) is 0 Å². The fraction of sp³-hybridized carbons (Fsp3) is 0.429. The summed E-state index contributed by atoms with van der Waals surface area (Å²) in [5.74, 6) is 0.696. The van der Waals surface area contributed by atoms with Gasteiger partial charge in [0, 0.05) is 34.6 Å². The molecular formula is C14H17BrN2O2S.